The van der Waals surface area contributed by atoms with Crippen molar-refractivity contribution in [1.82, 2.24) is 9.13 Å². The van der Waals surface area contributed by atoms with Gasteiger partial charge in [-0.15, -0.1) is 17.0 Å². The Morgan fingerprint density at radius 1 is 1.03 bits per heavy atom. The Morgan fingerprint density at radius 3 is 1.94 bits per heavy atom. The highest BCUT2D eigenvalue weighted by atomic mass is 79.9. The van der Waals surface area contributed by atoms with Crippen LogP contribution in [0.2, 0.25) is 0 Å². The molecule has 2 rings (SSSR count). The van der Waals surface area contributed by atoms with Crippen LogP contribution in [0.3, 0.4) is 0 Å². The van der Waals surface area contributed by atoms with Gasteiger partial charge in [0.05, 0.1) is 6.54 Å². The number of hydrogen-bond donors (Lipinski definition) is 2. The molecule has 6 heteroatoms. The van der Waals surface area contributed by atoms with Crippen LogP contribution in [-0.2, 0) is 23.9 Å². The minimum Gasteiger partial charge on any atom is -0.507 e. The molecule has 0 saturated heterocycles. The molecule has 0 fully saturated rings. The number of ketones is 1. The molecule has 0 aliphatic rings. The van der Waals surface area contributed by atoms with E-state index in [1.54, 1.807) is 4.57 Å². The Bertz CT molecular complexity index is 980. The summed E-state index contributed by atoms with van der Waals surface area (Å²) in [6.45, 7) is 19.6. The Labute approximate surface area is 210 Å². The lowest BCUT2D eigenvalue weighted by Gasteiger charge is -2.28. The van der Waals surface area contributed by atoms with Gasteiger partial charge in [0.15, 0.2) is 5.78 Å². The zero-order chi connectivity index (χ0) is 24.4. The fraction of sp³-hybridized carbons (Fsp3) is 0.630. The topological polar surface area (TPSA) is 71.0 Å². The molecule has 5 nitrogen and oxygen atoms in total. The molecule has 2 N–H and O–H groups in total. The van der Waals surface area contributed by atoms with Gasteiger partial charge in [-0.2, -0.15) is 0 Å². The number of benzene rings is 1. The molecule has 0 atom stereocenters. The zero-order valence-electron chi connectivity index (χ0n) is 22.0. The van der Waals surface area contributed by atoms with Gasteiger partial charge in [-0.3, -0.25) is 10.2 Å². The highest BCUT2D eigenvalue weighted by Crippen LogP contribution is 2.39. The molecular formula is C27H44BrN3O2. The standard InChI is InChI=1S/C27H43N3O2.BrH/c1-10-19(11-2)12-13-30-18(3)16-29(25(30)28)17-23(31)20-14-21(26(4,5)6)24(32)22(15-20)27(7,8)9;/h14-16,19,28,32H,10-13,17H2,1-9H3;1H. The predicted octanol–water partition coefficient (Wildman–Crippen LogP) is 6.67. The second-order valence-corrected chi connectivity index (χ2v) is 11.2. The second kappa shape index (κ2) is 11.1. The van der Waals surface area contributed by atoms with Gasteiger partial charge in [0.25, 0.3) is 0 Å². The van der Waals surface area contributed by atoms with Crippen molar-refractivity contribution < 1.29 is 9.90 Å². The number of hydrogen-bond acceptors (Lipinski definition) is 3. The van der Waals surface area contributed by atoms with Crippen LogP contribution in [-0.4, -0.2) is 20.0 Å². The van der Waals surface area contributed by atoms with Crippen molar-refractivity contribution in [3.63, 3.8) is 0 Å². The lowest BCUT2D eigenvalue weighted by atomic mass is 9.78. The van der Waals surface area contributed by atoms with E-state index in [1.165, 1.54) is 0 Å². The lowest BCUT2D eigenvalue weighted by Crippen LogP contribution is -2.28. The first-order valence-electron chi connectivity index (χ1n) is 11.9. The minimum absolute atomic E-state index is 0. The summed E-state index contributed by atoms with van der Waals surface area (Å²) in [6, 6.07) is 3.65. The third-order valence-corrected chi connectivity index (χ3v) is 6.57. The van der Waals surface area contributed by atoms with E-state index in [-0.39, 0.29) is 45.9 Å². The number of imidazole rings is 1. The average molecular weight is 523 g/mol. The smallest absolute Gasteiger partial charge is 0.202 e. The maximum absolute atomic E-state index is 13.3. The number of carbonyl (C=O) groups is 1. The Hall–Kier alpha value is -1.82. The van der Waals surface area contributed by atoms with Gasteiger partial charge < -0.3 is 14.2 Å². The number of nitrogens with one attached hydrogen (secondary N) is 1. The van der Waals surface area contributed by atoms with Crippen LogP contribution < -0.4 is 5.62 Å². The van der Waals surface area contributed by atoms with Crippen LogP contribution in [0.4, 0.5) is 0 Å². The van der Waals surface area contributed by atoms with Crippen molar-refractivity contribution in [2.24, 2.45) is 5.92 Å². The molecule has 0 amide bonds. The Kier molecular flexibility index (Phi) is 9.80. The molecule has 1 aromatic carbocycles. The number of aromatic nitrogens is 2. The van der Waals surface area contributed by atoms with Crippen molar-refractivity contribution in [2.75, 3.05) is 0 Å². The fourth-order valence-electron chi connectivity index (χ4n) is 4.27. The number of phenols is 1. The molecule has 2 aromatic rings. The van der Waals surface area contributed by atoms with Crippen molar-refractivity contribution in [1.29, 1.82) is 5.41 Å². The summed E-state index contributed by atoms with van der Waals surface area (Å²) in [7, 11) is 0. The molecule has 33 heavy (non-hydrogen) atoms. The van der Waals surface area contributed by atoms with Gasteiger partial charge in [-0.25, -0.2) is 0 Å². The van der Waals surface area contributed by atoms with E-state index in [0.29, 0.717) is 17.1 Å². The first kappa shape index (κ1) is 29.2. The first-order chi connectivity index (χ1) is 14.7. The summed E-state index contributed by atoms with van der Waals surface area (Å²) in [4.78, 5) is 13.3. The van der Waals surface area contributed by atoms with Crippen molar-refractivity contribution in [3.8, 4) is 5.75 Å². The molecule has 0 aliphatic heterocycles. The molecule has 0 radical (unpaired) electrons. The van der Waals surface area contributed by atoms with E-state index in [0.717, 1.165) is 42.6 Å². The third-order valence-electron chi connectivity index (χ3n) is 6.57. The number of aromatic hydroxyl groups is 1. The highest BCUT2D eigenvalue weighted by molar-refractivity contribution is 8.93. The van der Waals surface area contributed by atoms with Crippen LogP contribution >= 0.6 is 17.0 Å². The summed E-state index contributed by atoms with van der Waals surface area (Å²) >= 11 is 0. The van der Waals surface area contributed by atoms with Crippen LogP contribution in [0.5, 0.6) is 5.75 Å². The van der Waals surface area contributed by atoms with Crippen molar-refractivity contribution in [3.05, 3.63) is 46.3 Å². The summed E-state index contributed by atoms with van der Waals surface area (Å²) < 4.78 is 3.74. The quantitative estimate of drug-likeness (QED) is 0.381. The number of carbonyl (C=O) groups excluding carboxylic acids is 1. The molecule has 0 bridgehead atoms. The predicted molar refractivity (Wildman–Crippen MR) is 142 cm³/mol. The summed E-state index contributed by atoms with van der Waals surface area (Å²) in [5.74, 6) is 0.894. The van der Waals surface area contributed by atoms with Gasteiger partial charge in [-0.05, 0) is 42.2 Å². The molecule has 0 spiro atoms. The van der Waals surface area contributed by atoms with Gasteiger partial charge in [0, 0.05) is 35.1 Å². The number of rotatable bonds is 8. The maximum Gasteiger partial charge on any atom is 0.202 e. The average Bonchev–Trinajstić information content (AvgIpc) is 2.94. The van der Waals surface area contributed by atoms with E-state index >= 15 is 0 Å². The summed E-state index contributed by atoms with van der Waals surface area (Å²) in [6.07, 6.45) is 5.25. The fourth-order valence-corrected chi connectivity index (χ4v) is 4.27. The van der Waals surface area contributed by atoms with Gasteiger partial charge in [0.2, 0.25) is 5.62 Å². The first-order valence-corrected chi connectivity index (χ1v) is 11.9. The third kappa shape index (κ3) is 6.84. The largest absolute Gasteiger partial charge is 0.507 e. The summed E-state index contributed by atoms with van der Waals surface area (Å²) in [5.41, 5.74) is 2.95. The number of phenolic OH excluding ortho intramolecular Hbond substituents is 1. The SMILES string of the molecule is Br.CCC(CC)CCn1c(C)cn(CC(=O)c2cc(C(C)(C)C)c(O)c(C(C)(C)C)c2)c1=N. The van der Waals surface area contributed by atoms with Crippen LogP contribution in [0.1, 0.15) is 102 Å². The molecule has 1 heterocycles. The van der Waals surface area contributed by atoms with Gasteiger partial charge in [0.1, 0.15) is 5.75 Å². The van der Waals surface area contributed by atoms with Crippen LogP contribution in [0.25, 0.3) is 0 Å². The number of halogens is 1. The van der Waals surface area contributed by atoms with E-state index < -0.39 is 0 Å². The number of aryl methyl sites for hydroxylation is 1. The molecular weight excluding hydrogens is 478 g/mol. The monoisotopic (exact) mass is 521 g/mol. The van der Waals surface area contributed by atoms with Crippen molar-refractivity contribution >= 4 is 22.8 Å². The Morgan fingerprint density at radius 2 is 1.52 bits per heavy atom. The Balaban J connectivity index is 0.00000544. The maximum atomic E-state index is 13.3. The molecule has 0 unspecified atom stereocenters. The van der Waals surface area contributed by atoms with E-state index in [9.17, 15) is 9.90 Å². The minimum atomic E-state index is -0.289. The van der Waals surface area contributed by atoms with Crippen LogP contribution in [0, 0.1) is 18.3 Å². The number of Topliss-reactive ketones (excluding diaryl/α,β-unsaturated/α-hetero) is 1. The normalized spacial score (nSPS) is 12.2. The molecule has 186 valence electrons. The molecule has 0 saturated carbocycles. The van der Waals surface area contributed by atoms with Crippen LogP contribution in [0.15, 0.2) is 18.3 Å². The van der Waals surface area contributed by atoms with Crippen molar-refractivity contribution in [2.45, 2.75) is 105 Å². The zero-order valence-corrected chi connectivity index (χ0v) is 23.7. The molecule has 0 aliphatic carbocycles. The van der Waals surface area contributed by atoms with Gasteiger partial charge in [-0.1, -0.05) is 68.2 Å². The van der Waals surface area contributed by atoms with E-state index in [2.05, 4.69) is 13.8 Å². The molecule has 1 aromatic heterocycles. The van der Waals surface area contributed by atoms with E-state index in [1.807, 2.05) is 71.4 Å². The number of nitrogens with zero attached hydrogens (tertiary/aromatic N) is 2. The second-order valence-electron chi connectivity index (χ2n) is 11.2. The summed E-state index contributed by atoms with van der Waals surface area (Å²) in [5, 5.41) is 19.6. The highest BCUT2D eigenvalue weighted by Gasteiger charge is 2.28. The van der Waals surface area contributed by atoms with E-state index in [4.69, 9.17) is 5.41 Å². The lowest BCUT2D eigenvalue weighted by molar-refractivity contribution is 0.0969. The van der Waals surface area contributed by atoms with Gasteiger partial charge >= 0.3 is 0 Å².